The summed E-state index contributed by atoms with van der Waals surface area (Å²) in [6.45, 7) is 1.96. The molecule has 0 amide bonds. The van der Waals surface area contributed by atoms with Crippen molar-refractivity contribution in [2.75, 3.05) is 5.73 Å². The minimum atomic E-state index is 0.534. The highest BCUT2D eigenvalue weighted by Gasteiger charge is 2.10. The number of rotatable bonds is 2. The molecule has 3 heterocycles. The first-order chi connectivity index (χ1) is 9.75. The van der Waals surface area contributed by atoms with Gasteiger partial charge in [-0.25, -0.2) is 4.98 Å². The number of anilines is 1. The van der Waals surface area contributed by atoms with Crippen LogP contribution in [0.4, 0.5) is 5.82 Å². The van der Waals surface area contributed by atoms with Crippen molar-refractivity contribution in [3.63, 3.8) is 0 Å². The standard InChI is InChI=1S/C16H14N4/c1-11-14(12-2-6-18-7-3-12)10-15(16(17)20-11)13-4-8-19-9-5-13/h2-10H,1H3,(H2,17,20). The van der Waals surface area contributed by atoms with Gasteiger partial charge < -0.3 is 5.73 Å². The molecular weight excluding hydrogens is 248 g/mol. The Morgan fingerprint density at radius 3 is 1.85 bits per heavy atom. The van der Waals surface area contributed by atoms with Crippen molar-refractivity contribution < 1.29 is 0 Å². The van der Waals surface area contributed by atoms with Crippen molar-refractivity contribution in [1.29, 1.82) is 0 Å². The maximum Gasteiger partial charge on any atom is 0.131 e. The average molecular weight is 262 g/mol. The van der Waals surface area contributed by atoms with Gasteiger partial charge in [-0.3, -0.25) is 9.97 Å². The fourth-order valence-electron chi connectivity index (χ4n) is 2.21. The molecule has 2 N–H and O–H groups in total. The molecule has 0 saturated carbocycles. The van der Waals surface area contributed by atoms with E-state index in [-0.39, 0.29) is 0 Å². The Bertz CT molecular complexity index is 663. The van der Waals surface area contributed by atoms with Gasteiger partial charge in [-0.15, -0.1) is 0 Å². The average Bonchev–Trinajstić information content (AvgIpc) is 2.49. The highest BCUT2D eigenvalue weighted by molar-refractivity contribution is 5.80. The summed E-state index contributed by atoms with van der Waals surface area (Å²) < 4.78 is 0. The molecule has 0 aromatic carbocycles. The zero-order valence-corrected chi connectivity index (χ0v) is 11.1. The Morgan fingerprint density at radius 2 is 1.30 bits per heavy atom. The van der Waals surface area contributed by atoms with Crippen LogP contribution >= 0.6 is 0 Å². The third kappa shape index (κ3) is 2.23. The summed E-state index contributed by atoms with van der Waals surface area (Å²) in [5.74, 6) is 0.534. The van der Waals surface area contributed by atoms with Crippen molar-refractivity contribution in [2.45, 2.75) is 6.92 Å². The molecule has 0 bridgehead atoms. The van der Waals surface area contributed by atoms with E-state index >= 15 is 0 Å². The van der Waals surface area contributed by atoms with Crippen LogP contribution < -0.4 is 5.73 Å². The molecule has 0 spiro atoms. The van der Waals surface area contributed by atoms with Crippen LogP contribution in [0.5, 0.6) is 0 Å². The number of nitrogens with two attached hydrogens (primary N) is 1. The first-order valence-corrected chi connectivity index (χ1v) is 6.33. The van der Waals surface area contributed by atoms with Gasteiger partial charge in [0.1, 0.15) is 5.82 Å². The molecule has 4 nitrogen and oxygen atoms in total. The minimum Gasteiger partial charge on any atom is -0.383 e. The van der Waals surface area contributed by atoms with E-state index in [1.54, 1.807) is 24.8 Å². The summed E-state index contributed by atoms with van der Waals surface area (Å²) in [6.07, 6.45) is 7.05. The number of nitrogens with zero attached hydrogens (tertiary/aromatic N) is 3. The molecule has 4 heteroatoms. The van der Waals surface area contributed by atoms with E-state index in [4.69, 9.17) is 5.73 Å². The summed E-state index contributed by atoms with van der Waals surface area (Å²) in [4.78, 5) is 12.5. The summed E-state index contributed by atoms with van der Waals surface area (Å²) in [7, 11) is 0. The van der Waals surface area contributed by atoms with Crippen LogP contribution in [-0.2, 0) is 0 Å². The molecule has 0 aliphatic heterocycles. The predicted molar refractivity (Wildman–Crippen MR) is 79.8 cm³/mol. The molecule has 0 aliphatic rings. The van der Waals surface area contributed by atoms with Gasteiger partial charge in [-0.2, -0.15) is 0 Å². The molecule has 3 aromatic heterocycles. The zero-order chi connectivity index (χ0) is 13.9. The third-order valence-electron chi connectivity index (χ3n) is 3.23. The van der Waals surface area contributed by atoms with Crippen LogP contribution in [-0.4, -0.2) is 15.0 Å². The van der Waals surface area contributed by atoms with Gasteiger partial charge in [-0.05, 0) is 48.4 Å². The lowest BCUT2D eigenvalue weighted by Crippen LogP contribution is -1.98. The van der Waals surface area contributed by atoms with Crippen LogP contribution in [0, 0.1) is 6.92 Å². The Balaban J connectivity index is 2.19. The van der Waals surface area contributed by atoms with Gasteiger partial charge in [-0.1, -0.05) is 0 Å². The lowest BCUT2D eigenvalue weighted by Gasteiger charge is -2.11. The van der Waals surface area contributed by atoms with Crippen molar-refractivity contribution in [2.24, 2.45) is 0 Å². The summed E-state index contributed by atoms with van der Waals surface area (Å²) in [5.41, 5.74) is 11.0. The molecule has 20 heavy (non-hydrogen) atoms. The second kappa shape index (κ2) is 5.09. The van der Waals surface area contributed by atoms with Crippen molar-refractivity contribution in [3.05, 3.63) is 60.8 Å². The van der Waals surface area contributed by atoms with E-state index < -0.39 is 0 Å². The number of aryl methyl sites for hydroxylation is 1. The molecule has 3 rings (SSSR count). The van der Waals surface area contributed by atoms with Gasteiger partial charge in [0.15, 0.2) is 0 Å². The Morgan fingerprint density at radius 1 is 0.800 bits per heavy atom. The summed E-state index contributed by atoms with van der Waals surface area (Å²) in [5, 5.41) is 0. The minimum absolute atomic E-state index is 0.534. The van der Waals surface area contributed by atoms with E-state index in [0.717, 1.165) is 27.9 Å². The smallest absolute Gasteiger partial charge is 0.131 e. The monoisotopic (exact) mass is 262 g/mol. The van der Waals surface area contributed by atoms with Crippen molar-refractivity contribution in [3.8, 4) is 22.3 Å². The van der Waals surface area contributed by atoms with E-state index in [9.17, 15) is 0 Å². The third-order valence-corrected chi connectivity index (χ3v) is 3.23. The molecule has 0 radical (unpaired) electrons. The lowest BCUT2D eigenvalue weighted by atomic mass is 10.00. The maximum absolute atomic E-state index is 6.06. The first kappa shape index (κ1) is 12.3. The quantitative estimate of drug-likeness (QED) is 0.770. The molecule has 0 saturated heterocycles. The van der Waals surface area contributed by atoms with E-state index in [2.05, 4.69) is 21.0 Å². The normalized spacial score (nSPS) is 10.4. The Labute approximate surface area is 117 Å². The first-order valence-electron chi connectivity index (χ1n) is 6.33. The number of aromatic nitrogens is 3. The topological polar surface area (TPSA) is 64.7 Å². The second-order valence-corrected chi connectivity index (χ2v) is 4.53. The van der Waals surface area contributed by atoms with Gasteiger partial charge in [0.25, 0.3) is 0 Å². The molecule has 98 valence electrons. The Hall–Kier alpha value is -2.75. The maximum atomic E-state index is 6.06. The number of pyridine rings is 3. The molecule has 0 atom stereocenters. The molecule has 0 aliphatic carbocycles. The van der Waals surface area contributed by atoms with Gasteiger partial charge >= 0.3 is 0 Å². The fourth-order valence-corrected chi connectivity index (χ4v) is 2.21. The van der Waals surface area contributed by atoms with Crippen LogP contribution in [0.1, 0.15) is 5.69 Å². The SMILES string of the molecule is Cc1nc(N)c(-c2ccncc2)cc1-c1ccncc1. The molecule has 0 unspecified atom stereocenters. The zero-order valence-electron chi connectivity index (χ0n) is 11.1. The second-order valence-electron chi connectivity index (χ2n) is 4.53. The molecule has 3 aromatic rings. The number of nitrogen functional groups attached to an aromatic ring is 1. The van der Waals surface area contributed by atoms with Crippen molar-refractivity contribution in [1.82, 2.24) is 15.0 Å². The highest BCUT2D eigenvalue weighted by Crippen LogP contribution is 2.31. The molecular formula is C16H14N4. The van der Waals surface area contributed by atoms with Gasteiger partial charge in [0, 0.05) is 41.6 Å². The van der Waals surface area contributed by atoms with Crippen molar-refractivity contribution >= 4 is 5.82 Å². The predicted octanol–water partition coefficient (Wildman–Crippen LogP) is 3.10. The van der Waals surface area contributed by atoms with Crippen LogP contribution in [0.25, 0.3) is 22.3 Å². The van der Waals surface area contributed by atoms with E-state index in [1.165, 1.54) is 0 Å². The van der Waals surface area contributed by atoms with E-state index in [1.807, 2.05) is 31.2 Å². The fraction of sp³-hybridized carbons (Fsp3) is 0.0625. The Kier molecular flexibility index (Phi) is 3.13. The molecule has 0 fully saturated rings. The largest absolute Gasteiger partial charge is 0.383 e. The van der Waals surface area contributed by atoms with Gasteiger partial charge in [0.05, 0.1) is 0 Å². The van der Waals surface area contributed by atoms with Gasteiger partial charge in [0.2, 0.25) is 0 Å². The van der Waals surface area contributed by atoms with Crippen LogP contribution in [0.2, 0.25) is 0 Å². The lowest BCUT2D eigenvalue weighted by molar-refractivity contribution is 1.21. The van der Waals surface area contributed by atoms with Crippen LogP contribution in [0.3, 0.4) is 0 Å². The summed E-state index contributed by atoms with van der Waals surface area (Å²) >= 11 is 0. The summed E-state index contributed by atoms with van der Waals surface area (Å²) in [6, 6.07) is 9.87. The van der Waals surface area contributed by atoms with E-state index in [0.29, 0.717) is 5.82 Å². The number of hydrogen-bond acceptors (Lipinski definition) is 4. The van der Waals surface area contributed by atoms with Crippen LogP contribution in [0.15, 0.2) is 55.1 Å². The highest BCUT2D eigenvalue weighted by atomic mass is 14.8. The number of hydrogen-bond donors (Lipinski definition) is 1.